The summed E-state index contributed by atoms with van der Waals surface area (Å²) in [6, 6.07) is 2.76. The van der Waals surface area contributed by atoms with E-state index in [-0.39, 0.29) is 17.9 Å². The number of likely N-dealkylation sites (N-methyl/N-ethyl adjacent to an activating group) is 1. The first kappa shape index (κ1) is 22.1. The lowest BCUT2D eigenvalue weighted by atomic mass is 9.50. The number of nitrogens with zero attached hydrogens (tertiary/aromatic N) is 1. The lowest BCUT2D eigenvalue weighted by Gasteiger charge is -2.61. The second kappa shape index (κ2) is 7.40. The van der Waals surface area contributed by atoms with Crippen molar-refractivity contribution in [1.29, 1.82) is 0 Å². The third-order valence-electron chi connectivity index (χ3n) is 7.99. The number of rotatable bonds is 5. The summed E-state index contributed by atoms with van der Waals surface area (Å²) in [5, 5.41) is 14.8. The molecule has 1 spiro atoms. The molecule has 1 saturated heterocycles. The first-order valence-corrected chi connectivity index (χ1v) is 11.6. The van der Waals surface area contributed by atoms with Crippen molar-refractivity contribution in [3.8, 4) is 5.75 Å². The molecule has 4 aliphatic rings. The number of aldehydes is 1. The van der Waals surface area contributed by atoms with Crippen LogP contribution in [0, 0.1) is 5.92 Å². The summed E-state index contributed by atoms with van der Waals surface area (Å²) in [6.07, 6.45) is 3.36. The maximum Gasteiger partial charge on any atom is 0.333 e. The molecule has 0 saturated carbocycles. The van der Waals surface area contributed by atoms with Crippen molar-refractivity contribution in [3.63, 3.8) is 0 Å². The molecule has 1 fully saturated rings. The first-order valence-electron chi connectivity index (χ1n) is 11.6. The van der Waals surface area contributed by atoms with Crippen LogP contribution in [-0.2, 0) is 26.2 Å². The Morgan fingerprint density at radius 1 is 1.33 bits per heavy atom. The number of carbonyl (C=O) groups is 3. The largest absolute Gasteiger partial charge is 0.480 e. The summed E-state index contributed by atoms with van der Waals surface area (Å²) in [5.41, 5.74) is 0.454. The van der Waals surface area contributed by atoms with Gasteiger partial charge in [0, 0.05) is 23.9 Å². The molecule has 1 aromatic carbocycles. The molecule has 2 aliphatic heterocycles. The van der Waals surface area contributed by atoms with Crippen LogP contribution in [0.5, 0.6) is 5.75 Å². The van der Waals surface area contributed by atoms with E-state index < -0.39 is 29.1 Å². The molecule has 8 heteroatoms. The number of benzene rings is 1. The number of piperidine rings is 1. The number of nitrogens with one attached hydrogen (secondary N) is 1. The maximum atomic E-state index is 12.9. The predicted octanol–water partition coefficient (Wildman–Crippen LogP) is 1.48. The maximum absolute atomic E-state index is 12.9. The average Bonchev–Trinajstić information content (AvgIpc) is 3.13. The second-order valence-corrected chi connectivity index (χ2v) is 10.1. The van der Waals surface area contributed by atoms with Crippen LogP contribution in [0.15, 0.2) is 24.0 Å². The van der Waals surface area contributed by atoms with Crippen LogP contribution in [0.25, 0.3) is 0 Å². The second-order valence-electron chi connectivity index (χ2n) is 10.1. The van der Waals surface area contributed by atoms with Gasteiger partial charge in [-0.2, -0.15) is 0 Å². The Bertz CT molecular complexity index is 1080. The Morgan fingerprint density at radius 2 is 2.09 bits per heavy atom. The fraction of sp³-hybridized carbons (Fsp3) is 0.560. The zero-order valence-corrected chi connectivity index (χ0v) is 19.4. The van der Waals surface area contributed by atoms with Gasteiger partial charge in [-0.3, -0.25) is 9.59 Å². The molecule has 5 atom stereocenters. The average molecular weight is 455 g/mol. The first-order chi connectivity index (χ1) is 15.6. The van der Waals surface area contributed by atoms with E-state index in [1.165, 1.54) is 0 Å². The highest BCUT2D eigenvalue weighted by molar-refractivity contribution is 5.86. The zero-order valence-electron chi connectivity index (χ0n) is 19.4. The minimum absolute atomic E-state index is 0.115. The molecule has 1 amide bonds. The highest BCUT2D eigenvalue weighted by Gasteiger charge is 2.71. The lowest BCUT2D eigenvalue weighted by Crippen LogP contribution is -2.74. The highest BCUT2D eigenvalue weighted by Crippen LogP contribution is 2.64. The fourth-order valence-electron chi connectivity index (χ4n) is 6.21. The highest BCUT2D eigenvalue weighted by atomic mass is 16.6. The third kappa shape index (κ3) is 2.86. The van der Waals surface area contributed by atoms with Gasteiger partial charge in [0.05, 0.1) is 16.6 Å². The van der Waals surface area contributed by atoms with Crippen LogP contribution in [-0.4, -0.2) is 65.6 Å². The van der Waals surface area contributed by atoms with Crippen molar-refractivity contribution < 1.29 is 29.0 Å². The van der Waals surface area contributed by atoms with Gasteiger partial charge in [-0.15, -0.1) is 0 Å². The van der Waals surface area contributed by atoms with E-state index in [9.17, 15) is 19.5 Å². The summed E-state index contributed by atoms with van der Waals surface area (Å²) in [7, 11) is 2.02. The molecule has 1 aromatic rings. The standard InChI is InChI=1S/C25H30N2O6/c1-13(2)22(29)26-14(3)23(30)32-17-7-8-25(31)18-11-15-5-6-16(12-28)20-19(15)24(25,21(17)33-20)9-10-27(18)4/h5-7,12-14,18,21,31H,8-11H2,1-4H3,(H,26,29)/t14-,18+,21-,24-,25+/m0/s1. The van der Waals surface area contributed by atoms with Crippen LogP contribution >= 0.6 is 0 Å². The van der Waals surface area contributed by atoms with Gasteiger partial charge in [0.1, 0.15) is 17.6 Å². The smallest absolute Gasteiger partial charge is 0.333 e. The Balaban J connectivity index is 1.55. The van der Waals surface area contributed by atoms with Gasteiger partial charge in [-0.05, 0) is 51.1 Å². The van der Waals surface area contributed by atoms with E-state index in [1.807, 2.05) is 13.1 Å². The molecular formula is C25H30N2O6. The molecule has 8 nitrogen and oxygen atoms in total. The van der Waals surface area contributed by atoms with E-state index in [0.29, 0.717) is 36.3 Å². The van der Waals surface area contributed by atoms with E-state index >= 15 is 0 Å². The normalized spacial score (nSPS) is 32.4. The summed E-state index contributed by atoms with van der Waals surface area (Å²) in [5.74, 6) is -0.263. The van der Waals surface area contributed by atoms with Crippen LogP contribution in [0.2, 0.25) is 0 Å². The van der Waals surface area contributed by atoms with Crippen LogP contribution in [0.1, 0.15) is 55.1 Å². The number of aliphatic hydroxyl groups is 1. The summed E-state index contributed by atoms with van der Waals surface area (Å²) >= 11 is 0. The monoisotopic (exact) mass is 454 g/mol. The quantitative estimate of drug-likeness (QED) is 0.513. The summed E-state index contributed by atoms with van der Waals surface area (Å²) < 4.78 is 12.2. The molecule has 0 radical (unpaired) electrons. The fourth-order valence-corrected chi connectivity index (χ4v) is 6.21. The van der Waals surface area contributed by atoms with E-state index in [4.69, 9.17) is 9.47 Å². The molecule has 5 rings (SSSR count). The zero-order chi connectivity index (χ0) is 23.7. The molecule has 2 heterocycles. The number of carbonyl (C=O) groups excluding carboxylic acids is 3. The van der Waals surface area contributed by atoms with Gasteiger partial charge in [0.15, 0.2) is 12.4 Å². The van der Waals surface area contributed by atoms with Crippen LogP contribution in [0.4, 0.5) is 0 Å². The number of hydrogen-bond acceptors (Lipinski definition) is 7. The van der Waals surface area contributed by atoms with Crippen LogP contribution < -0.4 is 10.1 Å². The SMILES string of the molecule is CC(C)C(=O)N[C@@H](C)C(=O)OC1=CC[C@@]2(O)[C@H]3Cc4ccc(C=O)c5c4[C@@]2(CCN3C)[C@H]1O5. The number of hydrogen-bond donors (Lipinski definition) is 2. The van der Waals surface area contributed by atoms with Crippen molar-refractivity contribution in [3.05, 3.63) is 40.7 Å². The van der Waals surface area contributed by atoms with Gasteiger partial charge < -0.3 is 24.8 Å². The Hall–Kier alpha value is -2.71. The number of amides is 1. The number of esters is 1. The van der Waals surface area contributed by atoms with E-state index in [2.05, 4.69) is 10.2 Å². The molecule has 33 heavy (non-hydrogen) atoms. The van der Waals surface area contributed by atoms with E-state index in [0.717, 1.165) is 24.0 Å². The molecule has 2 aliphatic carbocycles. The van der Waals surface area contributed by atoms with Gasteiger partial charge >= 0.3 is 5.97 Å². The number of likely N-dealkylation sites (tertiary alicyclic amines) is 1. The Labute approximate surface area is 192 Å². The van der Waals surface area contributed by atoms with Crippen molar-refractivity contribution in [2.45, 2.75) is 69.2 Å². The van der Waals surface area contributed by atoms with Crippen molar-refractivity contribution in [1.82, 2.24) is 10.2 Å². The van der Waals surface area contributed by atoms with Crippen molar-refractivity contribution >= 4 is 18.2 Å². The van der Waals surface area contributed by atoms with E-state index in [1.54, 1.807) is 32.9 Å². The van der Waals surface area contributed by atoms with Crippen molar-refractivity contribution in [2.24, 2.45) is 5.92 Å². The predicted molar refractivity (Wildman–Crippen MR) is 119 cm³/mol. The van der Waals surface area contributed by atoms with Gasteiger partial charge in [0.25, 0.3) is 0 Å². The molecule has 2 N–H and O–H groups in total. The molecule has 176 valence electrons. The summed E-state index contributed by atoms with van der Waals surface area (Å²) in [6.45, 7) is 5.84. The molecule has 2 bridgehead atoms. The summed E-state index contributed by atoms with van der Waals surface area (Å²) in [4.78, 5) is 38.9. The van der Waals surface area contributed by atoms with Crippen molar-refractivity contribution in [2.75, 3.05) is 13.6 Å². The topological polar surface area (TPSA) is 105 Å². The minimum atomic E-state index is -1.11. The van der Waals surface area contributed by atoms with Crippen LogP contribution in [0.3, 0.4) is 0 Å². The molecular weight excluding hydrogens is 424 g/mol. The minimum Gasteiger partial charge on any atom is -0.480 e. The number of ether oxygens (including phenoxy) is 2. The Morgan fingerprint density at radius 3 is 2.79 bits per heavy atom. The Kier molecular flexibility index (Phi) is 4.95. The van der Waals surface area contributed by atoms with Gasteiger partial charge in [0.2, 0.25) is 5.91 Å². The molecule has 0 unspecified atom stereocenters. The van der Waals surface area contributed by atoms with Gasteiger partial charge in [-0.1, -0.05) is 19.9 Å². The van der Waals surface area contributed by atoms with Gasteiger partial charge in [-0.25, -0.2) is 4.79 Å². The lowest BCUT2D eigenvalue weighted by molar-refractivity contribution is -0.170. The molecule has 0 aromatic heterocycles. The third-order valence-corrected chi connectivity index (χ3v) is 7.99.